The molecule has 34 heavy (non-hydrogen) atoms. The zero-order valence-corrected chi connectivity index (χ0v) is 19.3. The van der Waals surface area contributed by atoms with E-state index in [0.29, 0.717) is 0 Å². The largest absolute Gasteiger partial charge is 0.486 e. The van der Waals surface area contributed by atoms with Crippen molar-refractivity contribution < 1.29 is 36.4 Å². The minimum atomic E-state index is -2.38. The lowest BCUT2D eigenvalue weighted by atomic mass is 10.1. The summed E-state index contributed by atoms with van der Waals surface area (Å²) in [6.07, 6.45) is 1.14. The quantitative estimate of drug-likeness (QED) is 0.113. The third-order valence-corrected chi connectivity index (χ3v) is 5.17. The highest BCUT2D eigenvalue weighted by atomic mass is 79.9. The molecule has 0 saturated carbocycles. The summed E-state index contributed by atoms with van der Waals surface area (Å²) in [4.78, 5) is 23.6. The first-order chi connectivity index (χ1) is 15.8. The number of nitro groups is 1. The van der Waals surface area contributed by atoms with Crippen molar-refractivity contribution in [3.05, 3.63) is 66.9 Å². The van der Waals surface area contributed by atoms with Crippen LogP contribution in [0, 0.1) is 45.1 Å². The van der Waals surface area contributed by atoms with Gasteiger partial charge in [0, 0.05) is 6.07 Å². The van der Waals surface area contributed by atoms with Gasteiger partial charge in [-0.15, -0.1) is 0 Å². The summed E-state index contributed by atoms with van der Waals surface area (Å²) in [7, 11) is 0. The van der Waals surface area contributed by atoms with Gasteiger partial charge < -0.3 is 4.74 Å². The van der Waals surface area contributed by atoms with Crippen molar-refractivity contribution in [1.82, 2.24) is 0 Å². The normalized spacial score (nSPS) is 14.9. The number of hydrogen-bond donors (Lipinski definition) is 0. The van der Waals surface area contributed by atoms with Gasteiger partial charge in [0.15, 0.2) is 23.3 Å². The van der Waals surface area contributed by atoms with E-state index in [0.717, 1.165) is 12.1 Å². The molecule has 1 amide bonds. The Bertz CT molecular complexity index is 1250. The smallest absolute Gasteiger partial charge is 0.312 e. The van der Waals surface area contributed by atoms with Gasteiger partial charge in [-0.25, -0.2) is 22.0 Å². The minimum Gasteiger partial charge on any atom is -0.486 e. The van der Waals surface area contributed by atoms with Gasteiger partial charge in [-0.3, -0.25) is 14.9 Å². The molecule has 2 aromatic carbocycles. The predicted octanol–water partition coefficient (Wildman–Crippen LogP) is 5.89. The molecule has 1 aliphatic heterocycles. The Kier molecular flexibility index (Phi) is 7.05. The molecular formula is C21H15BrF5N3O4. The lowest BCUT2D eigenvalue weighted by molar-refractivity contribution is -0.386. The average molecular weight is 548 g/mol. The number of nitrogens with zero attached hydrogens (tertiary/aromatic N) is 3. The van der Waals surface area contributed by atoms with Crippen molar-refractivity contribution in [1.29, 1.82) is 0 Å². The first-order valence-electron chi connectivity index (χ1n) is 9.59. The summed E-state index contributed by atoms with van der Waals surface area (Å²) in [5, 5.41) is 15.2. The number of benzene rings is 2. The van der Waals surface area contributed by atoms with Crippen LogP contribution in [0.2, 0.25) is 0 Å². The highest BCUT2D eigenvalue weighted by Gasteiger charge is 2.37. The summed E-state index contributed by atoms with van der Waals surface area (Å²) in [6.45, 7) is 5.16. The molecule has 0 unspecified atom stereocenters. The Labute approximate surface area is 197 Å². The van der Waals surface area contributed by atoms with Crippen LogP contribution in [-0.2, 0) is 4.79 Å². The molecule has 13 heteroatoms. The Morgan fingerprint density at radius 2 is 1.68 bits per heavy atom. The number of ether oxygens (including phenoxy) is 1. The van der Waals surface area contributed by atoms with Crippen LogP contribution in [0.1, 0.15) is 26.3 Å². The predicted molar refractivity (Wildman–Crippen MR) is 116 cm³/mol. The van der Waals surface area contributed by atoms with E-state index in [2.05, 4.69) is 21.0 Å². The second-order valence-electron chi connectivity index (χ2n) is 7.59. The summed E-state index contributed by atoms with van der Waals surface area (Å²) >= 11 is 3.18. The second-order valence-corrected chi connectivity index (χ2v) is 8.45. The Balaban J connectivity index is 2.06. The molecule has 0 atom stereocenters. The summed E-state index contributed by atoms with van der Waals surface area (Å²) in [6, 6.07) is 2.51. The van der Waals surface area contributed by atoms with Gasteiger partial charge in [0.25, 0.3) is 5.91 Å². The molecule has 0 saturated heterocycles. The molecule has 0 N–H and O–H groups in total. The molecule has 0 bridgehead atoms. The van der Waals surface area contributed by atoms with E-state index in [1.807, 2.05) is 13.8 Å². The van der Waals surface area contributed by atoms with E-state index >= 15 is 0 Å². The number of amides is 1. The molecule has 0 fully saturated rings. The zero-order chi connectivity index (χ0) is 25.5. The van der Waals surface area contributed by atoms with Crippen LogP contribution in [0.3, 0.4) is 0 Å². The lowest BCUT2D eigenvalue weighted by Gasteiger charge is -2.15. The van der Waals surface area contributed by atoms with Crippen LogP contribution < -0.4 is 9.75 Å². The third-order valence-electron chi connectivity index (χ3n) is 4.58. The molecule has 2 aromatic rings. The highest BCUT2D eigenvalue weighted by molar-refractivity contribution is 9.10. The fourth-order valence-electron chi connectivity index (χ4n) is 2.99. The monoisotopic (exact) mass is 547 g/mol. The van der Waals surface area contributed by atoms with Crippen molar-refractivity contribution in [3.8, 4) is 5.75 Å². The van der Waals surface area contributed by atoms with Crippen molar-refractivity contribution in [2.75, 3.05) is 11.6 Å². The fourth-order valence-corrected chi connectivity index (χ4v) is 3.57. The van der Waals surface area contributed by atoms with Crippen molar-refractivity contribution in [2.24, 2.45) is 11.0 Å². The SMILES string of the molecule is CC1=NN(c2c(F)c(F)c(F)c(F)c2F)C(=O)/C1=C\c1cc(Br)c(OCC(C)C)c([N+](=O)[O-])c1. The lowest BCUT2D eigenvalue weighted by Crippen LogP contribution is -2.25. The number of nitro benzene ring substituents is 1. The fraction of sp³-hybridized carbons (Fsp3) is 0.238. The van der Waals surface area contributed by atoms with E-state index in [9.17, 15) is 36.9 Å². The number of rotatable bonds is 6. The topological polar surface area (TPSA) is 85.0 Å². The Hall–Kier alpha value is -3.35. The average Bonchev–Trinajstić information content (AvgIpc) is 3.03. The van der Waals surface area contributed by atoms with Gasteiger partial charge in [-0.1, -0.05) is 13.8 Å². The van der Waals surface area contributed by atoms with Gasteiger partial charge in [0.2, 0.25) is 11.6 Å². The maximum atomic E-state index is 14.2. The van der Waals surface area contributed by atoms with Gasteiger partial charge in [0.1, 0.15) is 5.69 Å². The molecule has 0 aromatic heterocycles. The van der Waals surface area contributed by atoms with Crippen LogP contribution in [0.25, 0.3) is 6.08 Å². The molecule has 3 rings (SSSR count). The molecule has 1 heterocycles. The van der Waals surface area contributed by atoms with Crippen LogP contribution in [0.15, 0.2) is 27.3 Å². The summed E-state index contributed by atoms with van der Waals surface area (Å²) < 4.78 is 74.6. The van der Waals surface area contributed by atoms with Crippen LogP contribution in [0.4, 0.5) is 33.3 Å². The molecule has 0 spiro atoms. The van der Waals surface area contributed by atoms with Crippen molar-refractivity contribution in [2.45, 2.75) is 20.8 Å². The molecule has 7 nitrogen and oxygen atoms in total. The number of hydrazone groups is 1. The van der Waals surface area contributed by atoms with Gasteiger partial charge >= 0.3 is 5.69 Å². The summed E-state index contributed by atoms with van der Waals surface area (Å²) in [5.74, 6) is -12.5. The minimum absolute atomic E-state index is 0.0352. The number of anilines is 1. The van der Waals surface area contributed by atoms with E-state index in [-0.39, 0.29) is 44.6 Å². The Morgan fingerprint density at radius 1 is 1.12 bits per heavy atom. The van der Waals surface area contributed by atoms with E-state index in [4.69, 9.17) is 4.74 Å². The second kappa shape index (κ2) is 9.49. The molecule has 0 aliphatic carbocycles. The van der Waals surface area contributed by atoms with Gasteiger partial charge in [-0.2, -0.15) is 10.1 Å². The zero-order valence-electron chi connectivity index (χ0n) is 17.8. The van der Waals surface area contributed by atoms with Gasteiger partial charge in [0.05, 0.1) is 27.3 Å². The van der Waals surface area contributed by atoms with Crippen molar-refractivity contribution >= 4 is 45.0 Å². The van der Waals surface area contributed by atoms with Crippen LogP contribution in [0.5, 0.6) is 5.75 Å². The molecule has 180 valence electrons. The maximum Gasteiger partial charge on any atom is 0.312 e. The van der Waals surface area contributed by atoms with Gasteiger partial charge in [-0.05, 0) is 46.5 Å². The highest BCUT2D eigenvalue weighted by Crippen LogP contribution is 2.38. The third kappa shape index (κ3) is 4.52. The van der Waals surface area contributed by atoms with Crippen LogP contribution >= 0.6 is 15.9 Å². The number of halogens is 6. The Morgan fingerprint density at radius 3 is 2.21 bits per heavy atom. The van der Waals surface area contributed by atoms with Crippen LogP contribution in [-0.4, -0.2) is 23.1 Å². The number of carbonyl (C=O) groups is 1. The summed E-state index contributed by atoms with van der Waals surface area (Å²) in [5.41, 5.74) is -2.23. The first kappa shape index (κ1) is 25.3. The first-order valence-corrected chi connectivity index (χ1v) is 10.4. The number of carbonyl (C=O) groups excluding carboxylic acids is 1. The molecule has 1 aliphatic rings. The standard InChI is InChI=1S/C21H15BrF5N3O4/c1-8(2)7-34-20-12(22)5-10(6-13(20)30(32)33)4-11-9(3)28-29(21(11)31)19-17(26)15(24)14(23)16(25)18(19)27/h4-6,8H,7H2,1-3H3/b11-4-. The van der Waals surface area contributed by atoms with E-state index < -0.39 is 51.3 Å². The van der Waals surface area contributed by atoms with E-state index in [1.54, 1.807) is 0 Å². The van der Waals surface area contributed by atoms with Crippen molar-refractivity contribution in [3.63, 3.8) is 0 Å². The maximum absolute atomic E-state index is 14.2. The molecule has 0 radical (unpaired) electrons. The van der Waals surface area contributed by atoms with E-state index in [1.165, 1.54) is 13.0 Å². The number of hydrogen-bond acceptors (Lipinski definition) is 5. The molecular weight excluding hydrogens is 533 g/mol.